The van der Waals surface area contributed by atoms with E-state index >= 15 is 0 Å². The summed E-state index contributed by atoms with van der Waals surface area (Å²) in [6, 6.07) is 18.9. The van der Waals surface area contributed by atoms with E-state index < -0.39 is 5.97 Å². The van der Waals surface area contributed by atoms with Crippen LogP contribution in [-0.4, -0.2) is 45.4 Å². The van der Waals surface area contributed by atoms with E-state index in [1.807, 2.05) is 60.7 Å². The van der Waals surface area contributed by atoms with Gasteiger partial charge in [-0.1, -0.05) is 60.7 Å². The first-order valence-corrected chi connectivity index (χ1v) is 8.72. The highest BCUT2D eigenvalue weighted by molar-refractivity contribution is 5.94. The lowest BCUT2D eigenvalue weighted by Gasteiger charge is -2.18. The van der Waals surface area contributed by atoms with E-state index in [-0.39, 0.29) is 23.8 Å². The summed E-state index contributed by atoms with van der Waals surface area (Å²) < 4.78 is 0. The number of nitrogens with zero attached hydrogens (tertiary/aromatic N) is 3. The van der Waals surface area contributed by atoms with Crippen molar-refractivity contribution in [1.29, 1.82) is 0 Å². The van der Waals surface area contributed by atoms with Crippen LogP contribution in [0.4, 0.5) is 5.82 Å². The maximum absolute atomic E-state index is 12.4. The molecule has 0 saturated carbocycles. The average Bonchev–Trinajstić information content (AvgIpc) is 2.73. The number of aromatic carboxylic acids is 1. The van der Waals surface area contributed by atoms with Gasteiger partial charge in [-0.15, -0.1) is 0 Å². The molecule has 0 atom stereocenters. The molecule has 3 rings (SSSR count). The Morgan fingerprint density at radius 1 is 1.04 bits per heavy atom. The monoisotopic (exact) mass is 376 g/mol. The van der Waals surface area contributed by atoms with Crippen LogP contribution in [-0.2, 0) is 11.3 Å². The van der Waals surface area contributed by atoms with Crippen LogP contribution in [0.2, 0.25) is 0 Å². The van der Waals surface area contributed by atoms with Gasteiger partial charge in [-0.05, 0) is 5.56 Å². The number of anilines is 1. The normalized spacial score (nSPS) is 10.3. The number of carboxylic acid groups (broad SMARTS) is 1. The predicted octanol–water partition coefficient (Wildman–Crippen LogP) is 2.91. The molecule has 0 radical (unpaired) electrons. The van der Waals surface area contributed by atoms with Crippen LogP contribution < -0.4 is 5.32 Å². The topological polar surface area (TPSA) is 95.4 Å². The van der Waals surface area contributed by atoms with Crippen molar-refractivity contribution in [2.45, 2.75) is 6.54 Å². The van der Waals surface area contributed by atoms with Gasteiger partial charge in [-0.2, -0.15) is 0 Å². The number of carboxylic acids is 1. The van der Waals surface area contributed by atoms with E-state index in [1.54, 1.807) is 11.9 Å². The fourth-order valence-electron chi connectivity index (χ4n) is 2.64. The third-order valence-electron chi connectivity index (χ3n) is 4.15. The van der Waals surface area contributed by atoms with Gasteiger partial charge in [0.15, 0.2) is 5.82 Å². The van der Waals surface area contributed by atoms with E-state index in [0.29, 0.717) is 12.4 Å². The number of carbonyl (C=O) groups is 2. The zero-order valence-electron chi connectivity index (χ0n) is 15.4. The Morgan fingerprint density at radius 3 is 2.32 bits per heavy atom. The minimum absolute atomic E-state index is 0.0745. The first kappa shape index (κ1) is 19.0. The van der Waals surface area contributed by atoms with Gasteiger partial charge in [0.1, 0.15) is 11.4 Å². The fraction of sp³-hybridized carbons (Fsp3) is 0.143. The second-order valence-corrected chi connectivity index (χ2v) is 6.22. The molecule has 0 aliphatic rings. The molecule has 0 aliphatic heterocycles. The highest BCUT2D eigenvalue weighted by Gasteiger charge is 2.16. The lowest BCUT2D eigenvalue weighted by molar-refractivity contribution is -0.128. The maximum Gasteiger partial charge on any atom is 0.341 e. The van der Waals surface area contributed by atoms with Gasteiger partial charge >= 0.3 is 5.97 Å². The Morgan fingerprint density at radius 2 is 1.68 bits per heavy atom. The molecule has 7 nitrogen and oxygen atoms in total. The quantitative estimate of drug-likeness (QED) is 0.658. The predicted molar refractivity (Wildman–Crippen MR) is 106 cm³/mol. The summed E-state index contributed by atoms with van der Waals surface area (Å²) in [5.41, 5.74) is 1.69. The SMILES string of the molecule is CN(Cc1ccccc1)C(=O)CNc1nc(-c2ccccc2)ncc1C(=O)O. The minimum Gasteiger partial charge on any atom is -0.477 e. The lowest BCUT2D eigenvalue weighted by atomic mass is 10.2. The molecule has 0 bridgehead atoms. The smallest absolute Gasteiger partial charge is 0.341 e. The summed E-state index contributed by atoms with van der Waals surface area (Å²) in [5.74, 6) is -0.840. The van der Waals surface area contributed by atoms with Gasteiger partial charge in [0.25, 0.3) is 0 Å². The first-order chi connectivity index (χ1) is 13.5. The van der Waals surface area contributed by atoms with E-state index in [9.17, 15) is 14.7 Å². The second kappa shape index (κ2) is 8.77. The number of carbonyl (C=O) groups excluding carboxylic acids is 1. The molecule has 1 aromatic heterocycles. The second-order valence-electron chi connectivity index (χ2n) is 6.22. The van der Waals surface area contributed by atoms with Crippen LogP contribution in [0.3, 0.4) is 0 Å². The van der Waals surface area contributed by atoms with Crippen LogP contribution in [0.1, 0.15) is 15.9 Å². The van der Waals surface area contributed by atoms with Gasteiger partial charge in [0, 0.05) is 25.4 Å². The van der Waals surface area contributed by atoms with Crippen molar-refractivity contribution in [2.75, 3.05) is 18.9 Å². The first-order valence-electron chi connectivity index (χ1n) is 8.72. The molecule has 0 unspecified atom stereocenters. The summed E-state index contributed by atoms with van der Waals surface area (Å²) in [6.45, 7) is 0.390. The van der Waals surface area contributed by atoms with Crippen molar-refractivity contribution in [3.63, 3.8) is 0 Å². The number of nitrogens with one attached hydrogen (secondary N) is 1. The van der Waals surface area contributed by atoms with Gasteiger partial charge in [0.2, 0.25) is 5.91 Å². The van der Waals surface area contributed by atoms with E-state index in [1.165, 1.54) is 6.20 Å². The van der Waals surface area contributed by atoms with Gasteiger partial charge in [-0.25, -0.2) is 14.8 Å². The maximum atomic E-state index is 12.4. The van der Waals surface area contributed by atoms with Crippen molar-refractivity contribution >= 4 is 17.7 Å². The summed E-state index contributed by atoms with van der Waals surface area (Å²) >= 11 is 0. The summed E-state index contributed by atoms with van der Waals surface area (Å²) in [4.78, 5) is 33.9. The Balaban J connectivity index is 1.73. The highest BCUT2D eigenvalue weighted by Crippen LogP contribution is 2.19. The van der Waals surface area contributed by atoms with Crippen LogP contribution in [0.25, 0.3) is 11.4 Å². The summed E-state index contributed by atoms with van der Waals surface area (Å²) in [7, 11) is 1.70. The number of hydrogen-bond donors (Lipinski definition) is 2. The van der Waals surface area contributed by atoms with Crippen LogP contribution in [0, 0.1) is 0 Å². The highest BCUT2D eigenvalue weighted by atomic mass is 16.4. The largest absolute Gasteiger partial charge is 0.477 e. The third kappa shape index (κ3) is 4.70. The van der Waals surface area contributed by atoms with Crippen molar-refractivity contribution < 1.29 is 14.7 Å². The van der Waals surface area contributed by atoms with Gasteiger partial charge in [-0.3, -0.25) is 4.79 Å². The average molecular weight is 376 g/mol. The zero-order valence-corrected chi connectivity index (χ0v) is 15.4. The molecule has 0 saturated heterocycles. The van der Waals surface area contributed by atoms with Gasteiger partial charge in [0.05, 0.1) is 6.54 Å². The fourth-order valence-corrected chi connectivity index (χ4v) is 2.64. The Hall–Kier alpha value is -3.74. The van der Waals surface area contributed by atoms with E-state index in [4.69, 9.17) is 0 Å². The van der Waals surface area contributed by atoms with Crippen LogP contribution in [0.15, 0.2) is 66.9 Å². The number of rotatable bonds is 7. The van der Waals surface area contributed by atoms with Crippen molar-refractivity contribution in [1.82, 2.24) is 14.9 Å². The van der Waals surface area contributed by atoms with E-state index in [2.05, 4.69) is 15.3 Å². The van der Waals surface area contributed by atoms with Crippen LogP contribution >= 0.6 is 0 Å². The number of likely N-dealkylation sites (N-methyl/N-ethyl adjacent to an activating group) is 1. The molecule has 0 spiro atoms. The lowest BCUT2D eigenvalue weighted by Crippen LogP contribution is -2.32. The van der Waals surface area contributed by atoms with Crippen molar-refractivity contribution in [3.8, 4) is 11.4 Å². The van der Waals surface area contributed by atoms with Crippen molar-refractivity contribution in [3.05, 3.63) is 78.0 Å². The number of benzene rings is 2. The van der Waals surface area contributed by atoms with Gasteiger partial charge < -0.3 is 15.3 Å². The number of aromatic nitrogens is 2. The molecule has 0 aliphatic carbocycles. The standard InChI is InChI=1S/C21H20N4O3/c1-25(14-15-8-4-2-5-9-15)18(26)13-23-20-17(21(27)28)12-22-19(24-20)16-10-6-3-7-11-16/h2-12H,13-14H2,1H3,(H,27,28)(H,22,23,24). The molecule has 0 fully saturated rings. The molecule has 2 N–H and O–H groups in total. The molecule has 1 amide bonds. The van der Waals surface area contributed by atoms with Crippen LogP contribution in [0.5, 0.6) is 0 Å². The van der Waals surface area contributed by atoms with E-state index in [0.717, 1.165) is 11.1 Å². The molecule has 7 heteroatoms. The Labute approximate surface area is 162 Å². The number of amides is 1. The zero-order chi connectivity index (χ0) is 19.9. The number of hydrogen-bond acceptors (Lipinski definition) is 5. The molecule has 2 aromatic carbocycles. The Bertz CT molecular complexity index is 962. The summed E-state index contributed by atoms with van der Waals surface area (Å²) in [5, 5.41) is 12.2. The molecule has 3 aromatic rings. The summed E-state index contributed by atoms with van der Waals surface area (Å²) in [6.07, 6.45) is 1.25. The molecular weight excluding hydrogens is 356 g/mol. The molecule has 1 heterocycles. The molecular formula is C21H20N4O3. The molecule has 142 valence electrons. The van der Waals surface area contributed by atoms with Crippen molar-refractivity contribution in [2.24, 2.45) is 0 Å². The Kier molecular flexibility index (Phi) is 5.96. The minimum atomic E-state index is -1.16. The molecule has 28 heavy (non-hydrogen) atoms. The third-order valence-corrected chi connectivity index (χ3v) is 4.15.